The van der Waals surface area contributed by atoms with E-state index in [1.165, 1.54) is 11.1 Å². The topological polar surface area (TPSA) is 49.3 Å². The molecule has 0 fully saturated rings. The quantitative estimate of drug-likeness (QED) is 0.685. The van der Waals surface area contributed by atoms with Gasteiger partial charge in [-0.2, -0.15) is 11.8 Å². The van der Waals surface area contributed by atoms with Crippen LogP contribution in [0.2, 0.25) is 0 Å². The van der Waals surface area contributed by atoms with E-state index in [1.54, 1.807) is 14.0 Å². The molecule has 0 saturated heterocycles. The minimum Gasteiger partial charge on any atom is -0.480 e. The predicted octanol–water partition coefficient (Wildman–Crippen LogP) is 3.46. The smallest absolute Gasteiger partial charge is 0.323 e. The number of likely N-dealkylation sites (N-methyl/N-ethyl adjacent to an activating group) is 1. The Kier molecular flexibility index (Phi) is 7.10. The molecule has 4 heteroatoms. The molecule has 0 aliphatic rings. The Hall–Kier alpha value is -1.00. The van der Waals surface area contributed by atoms with Crippen LogP contribution in [-0.2, 0) is 10.5 Å². The van der Waals surface area contributed by atoms with Gasteiger partial charge >= 0.3 is 5.97 Å². The highest BCUT2D eigenvalue weighted by atomic mass is 32.2. The molecule has 0 aliphatic heterocycles. The SMILES string of the molecule is CNC(C)(CCCCSCc1cccc(C)c1)C(=O)O. The fourth-order valence-electron chi connectivity index (χ4n) is 2.01. The largest absolute Gasteiger partial charge is 0.480 e. The van der Waals surface area contributed by atoms with E-state index in [0.717, 1.165) is 24.3 Å². The number of aliphatic carboxylic acids is 1. The lowest BCUT2D eigenvalue weighted by Crippen LogP contribution is -2.47. The second-order valence-corrected chi connectivity index (χ2v) is 6.49. The third-order valence-electron chi connectivity index (χ3n) is 3.59. The Labute approximate surface area is 126 Å². The molecule has 0 bridgehead atoms. The molecule has 1 rings (SSSR count). The van der Waals surface area contributed by atoms with E-state index < -0.39 is 11.5 Å². The summed E-state index contributed by atoms with van der Waals surface area (Å²) in [5, 5.41) is 12.0. The second kappa shape index (κ2) is 8.32. The zero-order valence-electron chi connectivity index (χ0n) is 12.6. The molecule has 1 aromatic rings. The zero-order chi connectivity index (χ0) is 15.0. The molecule has 0 aromatic heterocycles. The van der Waals surface area contributed by atoms with Crippen molar-refractivity contribution in [2.24, 2.45) is 0 Å². The molecule has 0 heterocycles. The van der Waals surface area contributed by atoms with Gasteiger partial charge in [0.05, 0.1) is 0 Å². The maximum atomic E-state index is 11.1. The van der Waals surface area contributed by atoms with Gasteiger partial charge in [0.15, 0.2) is 0 Å². The van der Waals surface area contributed by atoms with Crippen LogP contribution in [0.1, 0.15) is 37.3 Å². The van der Waals surface area contributed by atoms with Crippen molar-refractivity contribution in [3.05, 3.63) is 35.4 Å². The molecule has 0 radical (unpaired) electrons. The highest BCUT2D eigenvalue weighted by Crippen LogP contribution is 2.18. The normalized spacial score (nSPS) is 13.9. The molecule has 1 unspecified atom stereocenters. The van der Waals surface area contributed by atoms with Crippen LogP contribution >= 0.6 is 11.8 Å². The van der Waals surface area contributed by atoms with Gasteiger partial charge in [0.25, 0.3) is 0 Å². The first-order valence-corrected chi connectivity index (χ1v) is 8.19. The number of thioether (sulfide) groups is 1. The van der Waals surface area contributed by atoms with Gasteiger partial charge in [-0.25, -0.2) is 0 Å². The number of hydrogen-bond donors (Lipinski definition) is 2. The first kappa shape index (κ1) is 17.1. The lowest BCUT2D eigenvalue weighted by atomic mass is 9.95. The summed E-state index contributed by atoms with van der Waals surface area (Å²) in [7, 11) is 1.71. The first-order chi connectivity index (χ1) is 9.48. The monoisotopic (exact) mass is 295 g/mol. The summed E-state index contributed by atoms with van der Waals surface area (Å²) in [6.45, 7) is 3.86. The van der Waals surface area contributed by atoms with Gasteiger partial charge in [-0.15, -0.1) is 0 Å². The predicted molar refractivity (Wildman–Crippen MR) is 86.3 cm³/mol. The molecular formula is C16H25NO2S. The van der Waals surface area contributed by atoms with E-state index in [-0.39, 0.29) is 0 Å². The molecule has 0 amide bonds. The van der Waals surface area contributed by atoms with Crippen molar-refractivity contribution in [1.82, 2.24) is 5.32 Å². The van der Waals surface area contributed by atoms with Gasteiger partial charge in [-0.3, -0.25) is 4.79 Å². The van der Waals surface area contributed by atoms with Crippen molar-refractivity contribution in [1.29, 1.82) is 0 Å². The van der Waals surface area contributed by atoms with Crippen LogP contribution in [0, 0.1) is 6.92 Å². The number of unbranched alkanes of at least 4 members (excludes halogenated alkanes) is 1. The van der Waals surface area contributed by atoms with E-state index in [9.17, 15) is 4.79 Å². The van der Waals surface area contributed by atoms with E-state index in [2.05, 4.69) is 36.5 Å². The fourth-order valence-corrected chi connectivity index (χ4v) is 2.98. The zero-order valence-corrected chi connectivity index (χ0v) is 13.4. The Morgan fingerprint density at radius 2 is 2.15 bits per heavy atom. The number of carboxylic acids is 1. The fraction of sp³-hybridized carbons (Fsp3) is 0.562. The minimum absolute atomic E-state index is 0.670. The van der Waals surface area contributed by atoms with Crippen LogP contribution < -0.4 is 5.32 Å². The van der Waals surface area contributed by atoms with Gasteiger partial charge in [-0.05, 0) is 45.1 Å². The molecule has 0 aliphatic carbocycles. The average molecular weight is 295 g/mol. The number of nitrogens with one attached hydrogen (secondary N) is 1. The summed E-state index contributed by atoms with van der Waals surface area (Å²) in [6, 6.07) is 8.58. The Bertz CT molecular complexity index is 436. The summed E-state index contributed by atoms with van der Waals surface area (Å²) >= 11 is 1.91. The van der Waals surface area contributed by atoms with E-state index in [0.29, 0.717) is 6.42 Å². The number of rotatable bonds is 9. The summed E-state index contributed by atoms with van der Waals surface area (Å²) in [5.74, 6) is 1.34. The van der Waals surface area contributed by atoms with Crippen LogP contribution in [0.3, 0.4) is 0 Å². The van der Waals surface area contributed by atoms with E-state index >= 15 is 0 Å². The molecule has 112 valence electrons. The maximum absolute atomic E-state index is 11.1. The van der Waals surface area contributed by atoms with Crippen molar-refractivity contribution in [3.8, 4) is 0 Å². The lowest BCUT2D eigenvalue weighted by molar-refractivity contribution is -0.144. The first-order valence-electron chi connectivity index (χ1n) is 7.03. The number of benzene rings is 1. The van der Waals surface area contributed by atoms with Gasteiger partial charge in [0.2, 0.25) is 0 Å². The van der Waals surface area contributed by atoms with Crippen molar-refractivity contribution < 1.29 is 9.90 Å². The summed E-state index contributed by atoms with van der Waals surface area (Å²) in [5.41, 5.74) is 1.87. The molecule has 1 atom stereocenters. The number of carbonyl (C=O) groups is 1. The van der Waals surface area contributed by atoms with Crippen molar-refractivity contribution in [2.75, 3.05) is 12.8 Å². The Morgan fingerprint density at radius 1 is 1.40 bits per heavy atom. The number of aryl methyl sites for hydroxylation is 1. The standard InChI is InChI=1S/C16H25NO2S/c1-13-7-6-8-14(11-13)12-20-10-5-4-9-16(2,17-3)15(18)19/h6-8,11,17H,4-5,9-10,12H2,1-3H3,(H,18,19). The molecule has 3 nitrogen and oxygen atoms in total. The van der Waals surface area contributed by atoms with Crippen molar-refractivity contribution in [2.45, 2.75) is 44.4 Å². The summed E-state index contributed by atoms with van der Waals surface area (Å²) in [6.07, 6.45) is 2.66. The molecule has 0 saturated carbocycles. The summed E-state index contributed by atoms with van der Waals surface area (Å²) < 4.78 is 0. The molecule has 20 heavy (non-hydrogen) atoms. The van der Waals surface area contributed by atoms with Gasteiger partial charge in [0, 0.05) is 5.75 Å². The molecule has 1 aromatic carbocycles. The average Bonchev–Trinajstić information content (AvgIpc) is 2.42. The molecule has 2 N–H and O–H groups in total. The van der Waals surface area contributed by atoms with Gasteiger partial charge in [-0.1, -0.05) is 36.2 Å². The Balaban J connectivity index is 2.18. The highest BCUT2D eigenvalue weighted by Gasteiger charge is 2.29. The van der Waals surface area contributed by atoms with Gasteiger partial charge in [0.1, 0.15) is 5.54 Å². The number of carboxylic acid groups (broad SMARTS) is 1. The van der Waals surface area contributed by atoms with Crippen LogP contribution in [0.15, 0.2) is 24.3 Å². The van der Waals surface area contributed by atoms with E-state index in [4.69, 9.17) is 5.11 Å². The molecular weight excluding hydrogens is 270 g/mol. The van der Waals surface area contributed by atoms with Crippen LogP contribution in [-0.4, -0.2) is 29.4 Å². The lowest BCUT2D eigenvalue weighted by Gasteiger charge is -2.23. The second-order valence-electron chi connectivity index (χ2n) is 5.39. The number of hydrogen-bond acceptors (Lipinski definition) is 3. The minimum atomic E-state index is -0.790. The van der Waals surface area contributed by atoms with Crippen LogP contribution in [0.25, 0.3) is 0 Å². The van der Waals surface area contributed by atoms with E-state index in [1.807, 2.05) is 11.8 Å². The van der Waals surface area contributed by atoms with Crippen molar-refractivity contribution >= 4 is 17.7 Å². The summed E-state index contributed by atoms with van der Waals surface area (Å²) in [4.78, 5) is 11.1. The third kappa shape index (κ3) is 5.55. The van der Waals surface area contributed by atoms with Crippen molar-refractivity contribution in [3.63, 3.8) is 0 Å². The van der Waals surface area contributed by atoms with Crippen LogP contribution in [0.5, 0.6) is 0 Å². The Morgan fingerprint density at radius 3 is 2.75 bits per heavy atom. The molecule has 0 spiro atoms. The van der Waals surface area contributed by atoms with Gasteiger partial charge < -0.3 is 10.4 Å². The highest BCUT2D eigenvalue weighted by molar-refractivity contribution is 7.98. The third-order valence-corrected chi connectivity index (χ3v) is 4.71. The maximum Gasteiger partial charge on any atom is 0.323 e. The van der Waals surface area contributed by atoms with Crippen LogP contribution in [0.4, 0.5) is 0 Å².